The molecule has 0 aliphatic heterocycles. The third-order valence-electron chi connectivity index (χ3n) is 6.75. The SMILES string of the molecule is Cn1c2c(c(=O)n1Cc1ccc(I)cc1)C1CCC2(C)C1(C)C. The van der Waals surface area contributed by atoms with E-state index in [1.807, 2.05) is 4.68 Å². The highest BCUT2D eigenvalue weighted by Crippen LogP contribution is 2.66. The second-order valence-corrected chi connectivity index (χ2v) is 9.17. The van der Waals surface area contributed by atoms with Gasteiger partial charge >= 0.3 is 0 Å². The van der Waals surface area contributed by atoms with Crippen LogP contribution >= 0.6 is 22.6 Å². The summed E-state index contributed by atoms with van der Waals surface area (Å²) in [5.41, 5.74) is 4.10. The van der Waals surface area contributed by atoms with Crippen LogP contribution in [0.15, 0.2) is 29.1 Å². The zero-order valence-electron chi connectivity index (χ0n) is 14.2. The van der Waals surface area contributed by atoms with Gasteiger partial charge in [0.05, 0.1) is 12.2 Å². The fraction of sp³-hybridized carbons (Fsp3) is 0.526. The second kappa shape index (κ2) is 4.74. The van der Waals surface area contributed by atoms with E-state index in [1.165, 1.54) is 21.2 Å². The zero-order valence-corrected chi connectivity index (χ0v) is 16.3. The summed E-state index contributed by atoms with van der Waals surface area (Å²) < 4.78 is 5.30. The van der Waals surface area contributed by atoms with E-state index in [9.17, 15) is 4.79 Å². The fourth-order valence-corrected chi connectivity index (χ4v) is 5.37. The normalized spacial score (nSPS) is 27.4. The molecule has 1 aromatic carbocycles. The van der Waals surface area contributed by atoms with Crippen LogP contribution in [0.25, 0.3) is 0 Å². The number of aromatic nitrogens is 2. The minimum atomic E-state index is 0.123. The Labute approximate surface area is 150 Å². The van der Waals surface area contributed by atoms with Gasteiger partial charge in [-0.2, -0.15) is 0 Å². The van der Waals surface area contributed by atoms with Gasteiger partial charge in [0.1, 0.15) is 0 Å². The van der Waals surface area contributed by atoms with Crippen molar-refractivity contribution in [3.05, 3.63) is 55.0 Å². The summed E-state index contributed by atoms with van der Waals surface area (Å²) in [7, 11) is 2.06. The molecule has 0 N–H and O–H groups in total. The van der Waals surface area contributed by atoms with Crippen molar-refractivity contribution in [3.63, 3.8) is 0 Å². The molecule has 3 nitrogen and oxygen atoms in total. The lowest BCUT2D eigenvalue weighted by molar-refractivity contribution is 0.215. The lowest BCUT2D eigenvalue weighted by Gasteiger charge is -2.36. The smallest absolute Gasteiger partial charge is 0.270 e. The standard InChI is InChI=1S/C19H23IN2O/c1-18(2)14-9-10-19(18,3)16-15(14)17(23)22(21(16)4)11-12-5-7-13(20)8-6-12/h5-8,14H,9-11H2,1-4H3. The topological polar surface area (TPSA) is 26.9 Å². The Morgan fingerprint density at radius 1 is 1.22 bits per heavy atom. The maximum atomic E-state index is 13.1. The highest BCUT2D eigenvalue weighted by atomic mass is 127. The van der Waals surface area contributed by atoms with Gasteiger partial charge in [-0.3, -0.25) is 9.48 Å². The lowest BCUT2D eigenvalue weighted by Crippen LogP contribution is -2.35. The third kappa shape index (κ3) is 1.84. The molecule has 0 radical (unpaired) electrons. The van der Waals surface area contributed by atoms with E-state index in [1.54, 1.807) is 0 Å². The van der Waals surface area contributed by atoms with Crippen molar-refractivity contribution < 1.29 is 0 Å². The van der Waals surface area contributed by atoms with E-state index >= 15 is 0 Å². The molecule has 2 bridgehead atoms. The molecule has 1 aromatic heterocycles. The van der Waals surface area contributed by atoms with Gasteiger partial charge in [-0.15, -0.1) is 0 Å². The molecule has 1 saturated carbocycles. The van der Waals surface area contributed by atoms with Crippen LogP contribution < -0.4 is 5.56 Å². The van der Waals surface area contributed by atoms with E-state index < -0.39 is 0 Å². The van der Waals surface area contributed by atoms with Gasteiger partial charge in [0.25, 0.3) is 5.56 Å². The summed E-state index contributed by atoms with van der Waals surface area (Å²) in [5, 5.41) is 0. The number of fused-ring (bicyclic) bond motifs is 5. The number of halogens is 1. The molecule has 4 heteroatoms. The molecule has 2 unspecified atom stereocenters. The fourth-order valence-electron chi connectivity index (χ4n) is 5.01. The molecular weight excluding hydrogens is 399 g/mol. The van der Waals surface area contributed by atoms with Gasteiger partial charge in [-0.1, -0.05) is 32.9 Å². The molecule has 2 atom stereocenters. The molecule has 4 rings (SSSR count). The zero-order chi connectivity index (χ0) is 16.6. The molecule has 0 spiro atoms. The number of hydrogen-bond donors (Lipinski definition) is 0. The highest BCUT2D eigenvalue weighted by Gasteiger charge is 2.62. The molecule has 0 amide bonds. The average molecular weight is 422 g/mol. The van der Waals surface area contributed by atoms with Crippen molar-refractivity contribution >= 4 is 22.6 Å². The van der Waals surface area contributed by atoms with Crippen LogP contribution in [0.5, 0.6) is 0 Å². The molecule has 2 aliphatic carbocycles. The largest absolute Gasteiger partial charge is 0.289 e. The second-order valence-electron chi connectivity index (χ2n) is 7.92. The van der Waals surface area contributed by atoms with Crippen LogP contribution in [0.2, 0.25) is 0 Å². The maximum Gasteiger partial charge on any atom is 0.270 e. The van der Waals surface area contributed by atoms with Crippen molar-refractivity contribution in [1.82, 2.24) is 9.36 Å². The molecular formula is C19H23IN2O. The van der Waals surface area contributed by atoms with Gasteiger partial charge < -0.3 is 0 Å². The monoisotopic (exact) mass is 422 g/mol. The summed E-state index contributed by atoms with van der Waals surface area (Å²) in [4.78, 5) is 13.1. The quantitative estimate of drug-likeness (QED) is 0.672. The first-order chi connectivity index (χ1) is 10.8. The molecule has 0 saturated heterocycles. The molecule has 1 heterocycles. The molecule has 2 aromatic rings. The third-order valence-corrected chi connectivity index (χ3v) is 7.47. The average Bonchev–Trinajstić information content (AvgIpc) is 2.95. The predicted octanol–water partition coefficient (Wildman–Crippen LogP) is 4.01. The first-order valence-corrected chi connectivity index (χ1v) is 9.40. The van der Waals surface area contributed by atoms with Crippen LogP contribution in [0.3, 0.4) is 0 Å². The summed E-state index contributed by atoms with van der Waals surface area (Å²) in [6, 6.07) is 8.44. The van der Waals surface area contributed by atoms with Gasteiger partial charge in [-0.25, -0.2) is 4.68 Å². The van der Waals surface area contributed by atoms with Crippen LogP contribution in [0.4, 0.5) is 0 Å². The van der Waals surface area contributed by atoms with Crippen LogP contribution in [-0.4, -0.2) is 9.36 Å². The van der Waals surface area contributed by atoms with Gasteiger partial charge in [-0.05, 0) is 64.5 Å². The first-order valence-electron chi connectivity index (χ1n) is 8.32. The lowest BCUT2D eigenvalue weighted by atomic mass is 9.70. The minimum Gasteiger partial charge on any atom is -0.289 e. The predicted molar refractivity (Wildman–Crippen MR) is 101 cm³/mol. The van der Waals surface area contributed by atoms with Gasteiger partial charge in [0.15, 0.2) is 0 Å². The number of rotatable bonds is 2. The van der Waals surface area contributed by atoms with E-state index in [4.69, 9.17) is 0 Å². The van der Waals surface area contributed by atoms with Crippen molar-refractivity contribution in [2.45, 2.75) is 51.5 Å². The summed E-state index contributed by atoms with van der Waals surface area (Å²) >= 11 is 2.31. The number of benzene rings is 1. The Morgan fingerprint density at radius 3 is 2.48 bits per heavy atom. The van der Waals surface area contributed by atoms with E-state index in [-0.39, 0.29) is 16.4 Å². The minimum absolute atomic E-state index is 0.123. The molecule has 1 fully saturated rings. The van der Waals surface area contributed by atoms with Crippen molar-refractivity contribution in [1.29, 1.82) is 0 Å². The van der Waals surface area contributed by atoms with Crippen molar-refractivity contribution in [3.8, 4) is 0 Å². The Morgan fingerprint density at radius 2 is 1.87 bits per heavy atom. The summed E-state index contributed by atoms with van der Waals surface area (Å²) in [6.45, 7) is 7.69. The van der Waals surface area contributed by atoms with Crippen molar-refractivity contribution in [2.75, 3.05) is 0 Å². The van der Waals surface area contributed by atoms with Crippen molar-refractivity contribution in [2.24, 2.45) is 12.5 Å². The molecule has 23 heavy (non-hydrogen) atoms. The first kappa shape index (κ1) is 15.5. The number of hydrogen-bond acceptors (Lipinski definition) is 1. The van der Waals surface area contributed by atoms with E-state index in [0.717, 1.165) is 12.0 Å². The van der Waals surface area contributed by atoms with Crippen LogP contribution in [0.1, 0.15) is 56.4 Å². The van der Waals surface area contributed by atoms with Gasteiger partial charge in [0.2, 0.25) is 0 Å². The summed E-state index contributed by atoms with van der Waals surface area (Å²) in [6.07, 6.45) is 2.35. The van der Waals surface area contributed by atoms with E-state index in [0.29, 0.717) is 12.5 Å². The Bertz CT molecular complexity index is 843. The Hall–Kier alpha value is -1.04. The van der Waals surface area contributed by atoms with Crippen LogP contribution in [0, 0.1) is 8.99 Å². The van der Waals surface area contributed by atoms with Gasteiger partial charge in [0, 0.05) is 21.6 Å². The summed E-state index contributed by atoms with van der Waals surface area (Å²) in [5.74, 6) is 0.416. The Kier molecular flexibility index (Phi) is 3.19. The highest BCUT2D eigenvalue weighted by molar-refractivity contribution is 14.1. The van der Waals surface area contributed by atoms with Crippen LogP contribution in [-0.2, 0) is 19.0 Å². The maximum absolute atomic E-state index is 13.1. The molecule has 122 valence electrons. The number of nitrogens with zero attached hydrogens (tertiary/aromatic N) is 2. The Balaban J connectivity index is 1.84. The molecule has 2 aliphatic rings. The van der Waals surface area contributed by atoms with E-state index in [2.05, 4.69) is 79.4 Å².